The van der Waals surface area contributed by atoms with Gasteiger partial charge in [0.2, 0.25) is 0 Å². The van der Waals surface area contributed by atoms with Gasteiger partial charge >= 0.3 is 0 Å². The molecule has 26 heavy (non-hydrogen) atoms. The highest BCUT2D eigenvalue weighted by Gasteiger charge is 2.78. The van der Waals surface area contributed by atoms with E-state index in [2.05, 4.69) is 6.08 Å². The molecule has 9 aliphatic carbocycles. The summed E-state index contributed by atoms with van der Waals surface area (Å²) in [6.07, 6.45) is 19.1. The lowest BCUT2D eigenvalue weighted by molar-refractivity contribution is -0.143. The molecule has 8 bridgehead atoms. The van der Waals surface area contributed by atoms with Crippen LogP contribution in [0.4, 0.5) is 0 Å². The van der Waals surface area contributed by atoms with E-state index in [0.717, 1.165) is 23.2 Å². The second-order valence-electron chi connectivity index (χ2n) is 13.0. The van der Waals surface area contributed by atoms with Crippen LogP contribution in [0.3, 0.4) is 0 Å². The molecule has 9 aliphatic rings. The van der Waals surface area contributed by atoms with Gasteiger partial charge in [-0.3, -0.25) is 0 Å². The van der Waals surface area contributed by atoms with Crippen molar-refractivity contribution in [2.45, 2.75) is 64.2 Å². The van der Waals surface area contributed by atoms with Gasteiger partial charge in [-0.05, 0) is 147 Å². The van der Waals surface area contributed by atoms with Crippen LogP contribution in [0.2, 0.25) is 0 Å². The van der Waals surface area contributed by atoms with E-state index < -0.39 is 0 Å². The molecule has 0 aromatic carbocycles. The summed E-state index contributed by atoms with van der Waals surface area (Å²) >= 11 is 0. The van der Waals surface area contributed by atoms with Crippen LogP contribution in [0.1, 0.15) is 64.2 Å². The molecule has 8 saturated carbocycles. The molecule has 0 aliphatic heterocycles. The lowest BCUT2D eigenvalue weighted by atomic mass is 9.43. The Morgan fingerprint density at radius 1 is 0.731 bits per heavy atom. The standard InChI is InChI=1S/C26H34/c1-2-13-5-12(1)17-9-19-15-6-16-8-22-24(21(7-15)20(19)10-18(13)17)26-4-3-14(11-26)23(16)25(22)26/h2,12,14-25H,1,3-11H2. The Balaban J connectivity index is 1.17. The van der Waals surface area contributed by atoms with Crippen molar-refractivity contribution in [1.82, 2.24) is 0 Å². The quantitative estimate of drug-likeness (QED) is 0.477. The minimum atomic E-state index is 0.911. The van der Waals surface area contributed by atoms with E-state index >= 15 is 0 Å². The summed E-state index contributed by atoms with van der Waals surface area (Å²) in [6, 6.07) is 0. The van der Waals surface area contributed by atoms with Gasteiger partial charge in [-0.1, -0.05) is 11.6 Å². The predicted molar refractivity (Wildman–Crippen MR) is 102 cm³/mol. The van der Waals surface area contributed by atoms with Crippen LogP contribution in [0, 0.1) is 82.3 Å². The molecule has 0 N–H and O–H groups in total. The van der Waals surface area contributed by atoms with Gasteiger partial charge < -0.3 is 0 Å². The molecule has 9 rings (SSSR count). The molecule has 8 fully saturated rings. The normalized spacial score (nSPS) is 72.6. The summed E-state index contributed by atoms with van der Waals surface area (Å²) in [5.41, 5.74) is 2.86. The van der Waals surface area contributed by atoms with Crippen molar-refractivity contribution < 1.29 is 0 Å². The molecule has 0 radical (unpaired) electrons. The van der Waals surface area contributed by atoms with Crippen molar-refractivity contribution in [2.24, 2.45) is 82.3 Å². The molecule has 0 aromatic rings. The molecule has 1 spiro atoms. The van der Waals surface area contributed by atoms with Crippen LogP contribution in [-0.4, -0.2) is 0 Å². The number of fused-ring (bicyclic) bond motifs is 15. The second kappa shape index (κ2) is 4.04. The molecule has 0 nitrogen and oxygen atoms in total. The molecule has 138 valence electrons. The maximum Gasteiger partial charge on any atom is -0.0169 e. The van der Waals surface area contributed by atoms with Crippen molar-refractivity contribution in [1.29, 1.82) is 0 Å². The van der Waals surface area contributed by atoms with Crippen molar-refractivity contribution in [3.8, 4) is 0 Å². The van der Waals surface area contributed by atoms with E-state index in [9.17, 15) is 0 Å². The van der Waals surface area contributed by atoms with E-state index in [-0.39, 0.29) is 0 Å². The number of allylic oxidation sites excluding steroid dienone is 2. The minimum Gasteiger partial charge on any atom is -0.0847 e. The van der Waals surface area contributed by atoms with Crippen molar-refractivity contribution >= 4 is 0 Å². The number of hydrogen-bond acceptors (Lipinski definition) is 0. The molecule has 0 amide bonds. The first-order valence-electron chi connectivity index (χ1n) is 12.5. The van der Waals surface area contributed by atoms with Gasteiger partial charge in [0.1, 0.15) is 0 Å². The van der Waals surface area contributed by atoms with Crippen LogP contribution in [-0.2, 0) is 0 Å². The van der Waals surface area contributed by atoms with Crippen molar-refractivity contribution in [3.05, 3.63) is 11.6 Å². The zero-order valence-electron chi connectivity index (χ0n) is 16.2. The van der Waals surface area contributed by atoms with E-state index in [1.807, 2.05) is 5.57 Å². The first kappa shape index (κ1) is 13.8. The van der Waals surface area contributed by atoms with Crippen LogP contribution in [0.5, 0.6) is 0 Å². The average molecular weight is 347 g/mol. The maximum atomic E-state index is 2.69. The number of hydrogen-bond donors (Lipinski definition) is 0. The molecule has 0 saturated heterocycles. The van der Waals surface area contributed by atoms with Crippen LogP contribution < -0.4 is 0 Å². The van der Waals surface area contributed by atoms with Crippen molar-refractivity contribution in [3.63, 3.8) is 0 Å². The Morgan fingerprint density at radius 2 is 1.69 bits per heavy atom. The Kier molecular flexibility index (Phi) is 2.15. The first-order chi connectivity index (χ1) is 12.8. The van der Waals surface area contributed by atoms with Gasteiger partial charge in [-0.2, -0.15) is 0 Å². The highest BCUT2D eigenvalue weighted by atomic mass is 14.8. The maximum absolute atomic E-state index is 2.69. The fourth-order valence-corrected chi connectivity index (χ4v) is 13.1. The summed E-state index contributed by atoms with van der Waals surface area (Å²) in [5, 5.41) is 0. The lowest BCUT2D eigenvalue weighted by Crippen LogP contribution is -2.57. The molecular formula is C26H34. The highest BCUT2D eigenvalue weighted by Crippen LogP contribution is 2.85. The van der Waals surface area contributed by atoms with Crippen LogP contribution in [0.15, 0.2) is 11.6 Å². The van der Waals surface area contributed by atoms with E-state index in [4.69, 9.17) is 0 Å². The zero-order chi connectivity index (χ0) is 16.4. The fraction of sp³-hybridized carbons (Fsp3) is 0.923. The Bertz CT molecular complexity index is 747. The van der Waals surface area contributed by atoms with Gasteiger partial charge in [-0.25, -0.2) is 0 Å². The SMILES string of the molecule is C1=C2CC(C1)C1CC3C4CC5CC6C(C(C4)C3CC21)C12CCC(C1)C5C62. The van der Waals surface area contributed by atoms with Gasteiger partial charge in [0, 0.05) is 0 Å². The minimum absolute atomic E-state index is 0.911. The third-order valence-electron chi connectivity index (χ3n) is 13.1. The Hall–Kier alpha value is -0.260. The monoisotopic (exact) mass is 346 g/mol. The topological polar surface area (TPSA) is 0 Å². The molecule has 14 atom stereocenters. The molecular weight excluding hydrogens is 312 g/mol. The molecule has 0 heterocycles. The summed E-state index contributed by atoms with van der Waals surface area (Å²) in [7, 11) is 0. The lowest BCUT2D eigenvalue weighted by Gasteiger charge is -2.62. The highest BCUT2D eigenvalue weighted by molar-refractivity contribution is 5.29. The van der Waals surface area contributed by atoms with Crippen LogP contribution >= 0.6 is 0 Å². The second-order valence-corrected chi connectivity index (χ2v) is 13.0. The summed E-state index contributed by atoms with van der Waals surface area (Å²) < 4.78 is 0. The Labute approximate surface area is 158 Å². The molecule has 0 aromatic heterocycles. The zero-order valence-corrected chi connectivity index (χ0v) is 16.2. The molecule has 0 heteroatoms. The van der Waals surface area contributed by atoms with Gasteiger partial charge in [0.05, 0.1) is 0 Å². The largest absolute Gasteiger partial charge is 0.0847 e. The number of rotatable bonds is 0. The summed E-state index contributed by atoms with van der Waals surface area (Å²) in [4.78, 5) is 0. The third kappa shape index (κ3) is 1.23. The van der Waals surface area contributed by atoms with Crippen LogP contribution in [0.25, 0.3) is 0 Å². The summed E-state index contributed by atoms with van der Waals surface area (Å²) in [5.74, 6) is 15.3. The fourth-order valence-electron chi connectivity index (χ4n) is 13.1. The van der Waals surface area contributed by atoms with Gasteiger partial charge in [0.25, 0.3) is 0 Å². The molecule has 14 unspecified atom stereocenters. The predicted octanol–water partition coefficient (Wildman–Crippen LogP) is 5.93. The van der Waals surface area contributed by atoms with Gasteiger partial charge in [0.15, 0.2) is 0 Å². The first-order valence-corrected chi connectivity index (χ1v) is 12.5. The summed E-state index contributed by atoms with van der Waals surface area (Å²) in [6.45, 7) is 0. The Morgan fingerprint density at radius 3 is 2.69 bits per heavy atom. The van der Waals surface area contributed by atoms with Crippen molar-refractivity contribution in [2.75, 3.05) is 0 Å². The average Bonchev–Trinajstić information content (AvgIpc) is 3.44. The van der Waals surface area contributed by atoms with Gasteiger partial charge in [-0.15, -0.1) is 0 Å². The third-order valence-corrected chi connectivity index (χ3v) is 13.1. The van der Waals surface area contributed by atoms with E-state index in [1.165, 1.54) is 72.0 Å². The smallest absolute Gasteiger partial charge is 0.0169 e. The van der Waals surface area contributed by atoms with E-state index in [0.29, 0.717) is 0 Å². The van der Waals surface area contributed by atoms with E-state index in [1.54, 1.807) is 51.4 Å².